The molecule has 1 aromatic rings. The quantitative estimate of drug-likeness (QED) is 0.889. The molecule has 2 rings (SSSR count). The summed E-state index contributed by atoms with van der Waals surface area (Å²) in [5, 5.41) is 2.66. The van der Waals surface area contributed by atoms with Gasteiger partial charge in [0.25, 0.3) is 0 Å². The minimum absolute atomic E-state index is 0.0628. The summed E-state index contributed by atoms with van der Waals surface area (Å²) in [6.45, 7) is 2.14. The number of amides is 1. The molecule has 0 fully saturated rings. The molecule has 0 spiro atoms. The van der Waals surface area contributed by atoms with Crippen molar-refractivity contribution in [1.29, 1.82) is 0 Å². The van der Waals surface area contributed by atoms with Crippen molar-refractivity contribution in [3.8, 4) is 5.75 Å². The van der Waals surface area contributed by atoms with Crippen LogP contribution < -0.4 is 10.1 Å². The van der Waals surface area contributed by atoms with Crippen molar-refractivity contribution < 1.29 is 9.53 Å². The molecule has 0 bridgehead atoms. The summed E-state index contributed by atoms with van der Waals surface area (Å²) in [7, 11) is 3.67. The van der Waals surface area contributed by atoms with E-state index in [2.05, 4.69) is 22.3 Å². The molecule has 1 aliphatic heterocycles. The summed E-state index contributed by atoms with van der Waals surface area (Å²) in [6, 6.07) is 8.23. The summed E-state index contributed by atoms with van der Waals surface area (Å²) in [5.41, 5.74) is 1.28. The topological polar surface area (TPSA) is 41.6 Å². The van der Waals surface area contributed by atoms with Crippen LogP contribution in [0.3, 0.4) is 0 Å². The van der Waals surface area contributed by atoms with E-state index in [0.717, 1.165) is 31.7 Å². The average Bonchev–Trinajstić information content (AvgIpc) is 2.59. The molecule has 1 N–H and O–H groups in total. The molecule has 104 valence electrons. The number of rotatable bonds is 4. The van der Waals surface area contributed by atoms with Crippen molar-refractivity contribution >= 4 is 5.91 Å². The first kappa shape index (κ1) is 13.9. The Hall–Kier alpha value is -1.55. The van der Waals surface area contributed by atoms with E-state index in [-0.39, 0.29) is 5.91 Å². The van der Waals surface area contributed by atoms with Crippen LogP contribution in [-0.2, 0) is 11.2 Å². The predicted molar refractivity (Wildman–Crippen MR) is 75.3 cm³/mol. The number of nitrogens with zero attached hydrogens (tertiary/aromatic N) is 1. The van der Waals surface area contributed by atoms with Crippen molar-refractivity contribution in [2.45, 2.75) is 12.8 Å². The second kappa shape index (κ2) is 6.57. The molecule has 0 saturated carbocycles. The molecule has 0 saturated heterocycles. The summed E-state index contributed by atoms with van der Waals surface area (Å²) >= 11 is 0. The van der Waals surface area contributed by atoms with E-state index >= 15 is 0 Å². The normalized spacial score (nSPS) is 18.4. The highest BCUT2D eigenvalue weighted by molar-refractivity contribution is 5.77. The molecule has 0 aliphatic carbocycles. The first-order chi connectivity index (χ1) is 9.19. The van der Waals surface area contributed by atoms with Gasteiger partial charge in [-0.2, -0.15) is 0 Å². The number of carbonyl (C=O) groups excluding carboxylic acids is 1. The number of hydrogen-bond acceptors (Lipinski definition) is 3. The number of ether oxygens (including phenoxy) is 1. The number of fused-ring (bicyclic) bond motifs is 1. The Balaban J connectivity index is 1.93. The van der Waals surface area contributed by atoms with Gasteiger partial charge >= 0.3 is 0 Å². The van der Waals surface area contributed by atoms with Gasteiger partial charge in [-0.1, -0.05) is 18.2 Å². The van der Waals surface area contributed by atoms with Crippen LogP contribution in [0, 0.1) is 5.92 Å². The minimum Gasteiger partial charge on any atom is -0.493 e. The lowest BCUT2D eigenvalue weighted by Crippen LogP contribution is -2.36. The van der Waals surface area contributed by atoms with Gasteiger partial charge in [0.05, 0.1) is 13.2 Å². The molecule has 1 aromatic carbocycles. The average molecular weight is 262 g/mol. The number of benzene rings is 1. The number of nitrogens with one attached hydrogen (secondary N) is 1. The number of likely N-dealkylation sites (N-methyl/N-ethyl adjacent to an activating group) is 2. The molecule has 0 aromatic heterocycles. The third kappa shape index (κ3) is 3.96. The first-order valence-electron chi connectivity index (χ1n) is 6.79. The molecule has 1 aliphatic rings. The van der Waals surface area contributed by atoms with Crippen LogP contribution in [-0.4, -0.2) is 44.6 Å². The standard InChI is InChI=1S/C15H22N2O2/c1-16-15(18)11-17(2)10-12-7-8-19-14-6-4-3-5-13(14)9-12/h3-6,12H,7-11H2,1-2H3,(H,16,18). The van der Waals surface area contributed by atoms with E-state index in [9.17, 15) is 4.79 Å². The number of hydrogen-bond donors (Lipinski definition) is 1. The first-order valence-corrected chi connectivity index (χ1v) is 6.79. The fourth-order valence-electron chi connectivity index (χ4n) is 2.55. The molecular formula is C15H22N2O2. The van der Waals surface area contributed by atoms with Crippen molar-refractivity contribution in [1.82, 2.24) is 10.2 Å². The maximum Gasteiger partial charge on any atom is 0.233 e. The molecule has 4 heteroatoms. The van der Waals surface area contributed by atoms with Crippen LogP contribution >= 0.6 is 0 Å². The van der Waals surface area contributed by atoms with Gasteiger partial charge in [0, 0.05) is 13.6 Å². The fourth-order valence-corrected chi connectivity index (χ4v) is 2.55. The van der Waals surface area contributed by atoms with Crippen LogP contribution in [0.5, 0.6) is 5.75 Å². The van der Waals surface area contributed by atoms with E-state index in [4.69, 9.17) is 4.74 Å². The van der Waals surface area contributed by atoms with Crippen LogP contribution in [0.2, 0.25) is 0 Å². The van der Waals surface area contributed by atoms with E-state index in [1.54, 1.807) is 7.05 Å². The Morgan fingerprint density at radius 1 is 1.47 bits per heavy atom. The van der Waals surface area contributed by atoms with Crippen molar-refractivity contribution in [3.63, 3.8) is 0 Å². The van der Waals surface area contributed by atoms with Gasteiger partial charge in [-0.3, -0.25) is 9.69 Å². The van der Waals surface area contributed by atoms with E-state index in [1.807, 2.05) is 19.2 Å². The Morgan fingerprint density at radius 3 is 3.05 bits per heavy atom. The lowest BCUT2D eigenvalue weighted by Gasteiger charge is -2.21. The van der Waals surface area contributed by atoms with Gasteiger partial charge < -0.3 is 10.1 Å². The maximum absolute atomic E-state index is 11.4. The largest absolute Gasteiger partial charge is 0.493 e. The van der Waals surface area contributed by atoms with Gasteiger partial charge in [-0.05, 0) is 37.4 Å². The molecule has 4 nitrogen and oxygen atoms in total. The Morgan fingerprint density at radius 2 is 2.26 bits per heavy atom. The molecule has 1 amide bonds. The molecule has 1 unspecified atom stereocenters. The number of para-hydroxylation sites is 1. The zero-order chi connectivity index (χ0) is 13.7. The van der Waals surface area contributed by atoms with E-state index in [1.165, 1.54) is 5.56 Å². The van der Waals surface area contributed by atoms with Crippen LogP contribution in [0.4, 0.5) is 0 Å². The summed E-state index contributed by atoms with van der Waals surface area (Å²) < 4.78 is 5.76. The van der Waals surface area contributed by atoms with Crippen molar-refractivity contribution in [3.05, 3.63) is 29.8 Å². The third-order valence-corrected chi connectivity index (χ3v) is 3.53. The van der Waals surface area contributed by atoms with E-state index < -0.39 is 0 Å². The fraction of sp³-hybridized carbons (Fsp3) is 0.533. The maximum atomic E-state index is 11.4. The summed E-state index contributed by atoms with van der Waals surface area (Å²) in [5.74, 6) is 1.62. The van der Waals surface area contributed by atoms with Gasteiger partial charge in [-0.15, -0.1) is 0 Å². The van der Waals surface area contributed by atoms with Crippen LogP contribution in [0.15, 0.2) is 24.3 Å². The second-order valence-electron chi connectivity index (χ2n) is 5.18. The monoisotopic (exact) mass is 262 g/mol. The van der Waals surface area contributed by atoms with Gasteiger partial charge in [-0.25, -0.2) is 0 Å². The Labute approximate surface area is 114 Å². The summed E-state index contributed by atoms with van der Waals surface area (Å²) in [4.78, 5) is 13.4. The minimum atomic E-state index is 0.0628. The van der Waals surface area contributed by atoms with Gasteiger partial charge in [0.1, 0.15) is 5.75 Å². The molecule has 19 heavy (non-hydrogen) atoms. The summed E-state index contributed by atoms with van der Waals surface area (Å²) in [6.07, 6.45) is 2.06. The van der Waals surface area contributed by atoms with Gasteiger partial charge in [0.2, 0.25) is 5.91 Å². The van der Waals surface area contributed by atoms with Crippen LogP contribution in [0.25, 0.3) is 0 Å². The smallest absolute Gasteiger partial charge is 0.233 e. The second-order valence-corrected chi connectivity index (χ2v) is 5.18. The highest BCUT2D eigenvalue weighted by atomic mass is 16.5. The zero-order valence-corrected chi connectivity index (χ0v) is 11.7. The number of carbonyl (C=O) groups is 1. The molecule has 1 heterocycles. The predicted octanol–water partition coefficient (Wildman–Crippen LogP) is 1.31. The highest BCUT2D eigenvalue weighted by Gasteiger charge is 2.19. The molecule has 0 radical (unpaired) electrons. The molecule has 1 atom stereocenters. The highest BCUT2D eigenvalue weighted by Crippen LogP contribution is 2.26. The van der Waals surface area contributed by atoms with Crippen molar-refractivity contribution in [2.75, 3.05) is 33.8 Å². The lowest BCUT2D eigenvalue weighted by atomic mass is 9.96. The Bertz CT molecular complexity index is 434. The van der Waals surface area contributed by atoms with Crippen LogP contribution in [0.1, 0.15) is 12.0 Å². The molecular weight excluding hydrogens is 240 g/mol. The zero-order valence-electron chi connectivity index (χ0n) is 11.7. The lowest BCUT2D eigenvalue weighted by molar-refractivity contribution is -0.121. The van der Waals surface area contributed by atoms with E-state index in [0.29, 0.717) is 12.5 Å². The van der Waals surface area contributed by atoms with Gasteiger partial charge in [0.15, 0.2) is 0 Å². The van der Waals surface area contributed by atoms with Crippen molar-refractivity contribution in [2.24, 2.45) is 5.92 Å². The SMILES string of the molecule is CNC(=O)CN(C)CC1CCOc2ccccc2C1. The Kier molecular flexibility index (Phi) is 4.80. The third-order valence-electron chi connectivity index (χ3n) is 3.53.